The number of amides is 2. The van der Waals surface area contributed by atoms with Gasteiger partial charge in [0.1, 0.15) is 12.4 Å². The van der Waals surface area contributed by atoms with Crippen LogP contribution in [0.3, 0.4) is 0 Å². The van der Waals surface area contributed by atoms with E-state index in [2.05, 4.69) is 4.90 Å². The van der Waals surface area contributed by atoms with E-state index >= 15 is 0 Å². The van der Waals surface area contributed by atoms with Gasteiger partial charge in [0, 0.05) is 51.3 Å². The second kappa shape index (κ2) is 9.59. The third-order valence-corrected chi connectivity index (χ3v) is 6.12. The maximum absolute atomic E-state index is 13.2. The Morgan fingerprint density at radius 1 is 1.07 bits per heavy atom. The summed E-state index contributed by atoms with van der Waals surface area (Å²) in [4.78, 5) is 31.8. The number of hydrogen-bond acceptors (Lipinski definition) is 5. The molecule has 1 aromatic rings. The molecule has 0 aliphatic carbocycles. The Morgan fingerprint density at radius 3 is 2.76 bits per heavy atom. The molecular formula is C22H31N3O4. The monoisotopic (exact) mass is 401 g/mol. The molecule has 4 rings (SSSR count). The zero-order valence-electron chi connectivity index (χ0n) is 17.1. The largest absolute Gasteiger partial charge is 0.491 e. The third kappa shape index (κ3) is 5.08. The molecule has 1 aromatic carbocycles. The highest BCUT2D eigenvalue weighted by atomic mass is 16.5. The van der Waals surface area contributed by atoms with Crippen molar-refractivity contribution in [3.05, 3.63) is 29.8 Å². The van der Waals surface area contributed by atoms with Gasteiger partial charge in [-0.1, -0.05) is 18.2 Å². The molecule has 0 aromatic heterocycles. The minimum Gasteiger partial charge on any atom is -0.491 e. The number of carbonyl (C=O) groups excluding carboxylic acids is 2. The zero-order chi connectivity index (χ0) is 20.1. The molecule has 29 heavy (non-hydrogen) atoms. The van der Waals surface area contributed by atoms with Crippen LogP contribution < -0.4 is 4.74 Å². The lowest BCUT2D eigenvalue weighted by molar-refractivity contribution is -0.143. The first-order valence-electron chi connectivity index (χ1n) is 10.8. The van der Waals surface area contributed by atoms with Crippen LogP contribution >= 0.6 is 0 Å². The molecule has 3 aliphatic rings. The summed E-state index contributed by atoms with van der Waals surface area (Å²) in [5, 5.41) is 0. The first kappa shape index (κ1) is 20.2. The number of fused-ring (bicyclic) bond motifs is 1. The zero-order valence-corrected chi connectivity index (χ0v) is 17.1. The Morgan fingerprint density at radius 2 is 1.90 bits per heavy atom. The number of para-hydroxylation sites is 1. The normalized spacial score (nSPS) is 23.3. The van der Waals surface area contributed by atoms with E-state index in [0.717, 1.165) is 57.1 Å². The Labute approximate surface area is 172 Å². The average Bonchev–Trinajstić information content (AvgIpc) is 2.98. The van der Waals surface area contributed by atoms with Crippen molar-refractivity contribution in [2.45, 2.75) is 25.8 Å². The fraction of sp³-hybridized carbons (Fsp3) is 0.636. The quantitative estimate of drug-likeness (QED) is 0.746. The molecule has 0 radical (unpaired) electrons. The first-order chi connectivity index (χ1) is 14.2. The first-order valence-corrected chi connectivity index (χ1v) is 10.8. The Balaban J connectivity index is 1.31. The van der Waals surface area contributed by atoms with Gasteiger partial charge in [-0.15, -0.1) is 0 Å². The summed E-state index contributed by atoms with van der Waals surface area (Å²) in [6, 6.07) is 7.91. The predicted octanol–water partition coefficient (Wildman–Crippen LogP) is 1.37. The molecule has 0 saturated carbocycles. The van der Waals surface area contributed by atoms with Crippen LogP contribution in [0.15, 0.2) is 24.3 Å². The number of benzene rings is 1. The molecule has 1 unspecified atom stereocenters. The van der Waals surface area contributed by atoms with Crippen LogP contribution in [0.2, 0.25) is 0 Å². The Bertz CT molecular complexity index is 720. The van der Waals surface area contributed by atoms with Crippen LogP contribution in [-0.4, -0.2) is 85.6 Å². The molecule has 7 heteroatoms. The molecular weight excluding hydrogens is 370 g/mol. The lowest BCUT2D eigenvalue weighted by Gasteiger charge is -2.35. The number of carbonyl (C=O) groups is 2. The van der Waals surface area contributed by atoms with Crippen molar-refractivity contribution in [3.8, 4) is 5.75 Å². The smallest absolute Gasteiger partial charge is 0.227 e. The summed E-state index contributed by atoms with van der Waals surface area (Å²) in [7, 11) is 0. The van der Waals surface area contributed by atoms with Crippen molar-refractivity contribution in [2.75, 3.05) is 59.1 Å². The molecule has 1 atom stereocenters. The van der Waals surface area contributed by atoms with Gasteiger partial charge >= 0.3 is 0 Å². The summed E-state index contributed by atoms with van der Waals surface area (Å²) in [6.07, 6.45) is 2.06. The standard InChI is InChI=1S/C22H31N3O4/c26-21-7-6-19(17-24(21)9-3-8-23-10-13-28-14-11-23)22(27)25-12-15-29-20-5-2-1-4-18(20)16-25/h1-2,4-5,19H,3,6-17H2. The number of hydrogen-bond donors (Lipinski definition) is 0. The number of morpholine rings is 1. The van der Waals surface area contributed by atoms with Crippen molar-refractivity contribution < 1.29 is 19.1 Å². The van der Waals surface area contributed by atoms with Crippen molar-refractivity contribution >= 4 is 11.8 Å². The number of rotatable bonds is 5. The van der Waals surface area contributed by atoms with Crippen LogP contribution in [0.5, 0.6) is 5.75 Å². The van der Waals surface area contributed by atoms with E-state index in [1.54, 1.807) is 0 Å². The van der Waals surface area contributed by atoms with E-state index in [4.69, 9.17) is 9.47 Å². The van der Waals surface area contributed by atoms with E-state index < -0.39 is 0 Å². The lowest BCUT2D eigenvalue weighted by Crippen LogP contribution is -2.48. The van der Waals surface area contributed by atoms with Gasteiger partial charge in [0.2, 0.25) is 11.8 Å². The van der Waals surface area contributed by atoms with Crippen molar-refractivity contribution in [3.63, 3.8) is 0 Å². The highest BCUT2D eigenvalue weighted by Crippen LogP contribution is 2.26. The molecule has 3 aliphatic heterocycles. The molecule has 0 bridgehead atoms. The number of ether oxygens (including phenoxy) is 2. The maximum atomic E-state index is 13.2. The average molecular weight is 402 g/mol. The number of nitrogens with zero attached hydrogens (tertiary/aromatic N) is 3. The van der Waals surface area contributed by atoms with Gasteiger partial charge < -0.3 is 19.3 Å². The van der Waals surface area contributed by atoms with E-state index in [-0.39, 0.29) is 17.7 Å². The second-order valence-corrected chi connectivity index (χ2v) is 8.10. The van der Waals surface area contributed by atoms with E-state index in [9.17, 15) is 9.59 Å². The van der Waals surface area contributed by atoms with Crippen LogP contribution in [0.4, 0.5) is 0 Å². The van der Waals surface area contributed by atoms with Crippen LogP contribution in [0.1, 0.15) is 24.8 Å². The molecule has 0 spiro atoms. The summed E-state index contributed by atoms with van der Waals surface area (Å²) in [5.74, 6) is 1.09. The third-order valence-electron chi connectivity index (χ3n) is 6.12. The van der Waals surface area contributed by atoms with Gasteiger partial charge in [0.25, 0.3) is 0 Å². The summed E-state index contributed by atoms with van der Waals surface area (Å²) >= 11 is 0. The van der Waals surface area contributed by atoms with Crippen molar-refractivity contribution in [2.24, 2.45) is 5.92 Å². The fourth-order valence-corrected chi connectivity index (χ4v) is 4.41. The van der Waals surface area contributed by atoms with Gasteiger partial charge in [-0.25, -0.2) is 0 Å². The SMILES string of the molecule is O=C1CCC(C(=O)N2CCOc3ccccc3C2)CN1CCCN1CCOCC1. The molecule has 0 N–H and O–H groups in total. The van der Waals surface area contributed by atoms with Crippen molar-refractivity contribution in [1.82, 2.24) is 14.7 Å². The van der Waals surface area contributed by atoms with Gasteiger partial charge in [-0.05, 0) is 18.9 Å². The van der Waals surface area contributed by atoms with E-state index in [0.29, 0.717) is 39.1 Å². The van der Waals surface area contributed by atoms with Crippen molar-refractivity contribution in [1.29, 1.82) is 0 Å². The molecule has 2 amide bonds. The molecule has 2 saturated heterocycles. The Kier molecular flexibility index (Phi) is 6.67. The summed E-state index contributed by atoms with van der Waals surface area (Å²) < 4.78 is 11.2. The minimum atomic E-state index is -0.110. The maximum Gasteiger partial charge on any atom is 0.227 e. The van der Waals surface area contributed by atoms with Gasteiger partial charge in [0.15, 0.2) is 0 Å². The minimum absolute atomic E-state index is 0.110. The van der Waals surface area contributed by atoms with Crippen LogP contribution in [-0.2, 0) is 20.9 Å². The molecule has 2 fully saturated rings. The molecule has 3 heterocycles. The highest BCUT2D eigenvalue weighted by Gasteiger charge is 2.33. The van der Waals surface area contributed by atoms with Crippen LogP contribution in [0, 0.1) is 5.92 Å². The topological polar surface area (TPSA) is 62.3 Å². The predicted molar refractivity (Wildman–Crippen MR) is 109 cm³/mol. The van der Waals surface area contributed by atoms with Gasteiger partial charge in [-0.3, -0.25) is 14.5 Å². The highest BCUT2D eigenvalue weighted by molar-refractivity contribution is 5.84. The van der Waals surface area contributed by atoms with E-state index in [1.807, 2.05) is 34.1 Å². The lowest BCUT2D eigenvalue weighted by atomic mass is 9.95. The summed E-state index contributed by atoms with van der Waals surface area (Å²) in [6.45, 7) is 7.45. The van der Waals surface area contributed by atoms with Crippen LogP contribution in [0.25, 0.3) is 0 Å². The molecule has 158 valence electrons. The number of piperidine rings is 1. The summed E-state index contributed by atoms with van der Waals surface area (Å²) in [5.41, 5.74) is 1.05. The molecule has 7 nitrogen and oxygen atoms in total. The van der Waals surface area contributed by atoms with Gasteiger partial charge in [0.05, 0.1) is 25.7 Å². The Hall–Kier alpha value is -2.12. The fourth-order valence-electron chi connectivity index (χ4n) is 4.41. The second-order valence-electron chi connectivity index (χ2n) is 8.10. The number of likely N-dealkylation sites (tertiary alicyclic amines) is 1. The van der Waals surface area contributed by atoms with E-state index in [1.165, 1.54) is 0 Å². The van der Waals surface area contributed by atoms with Gasteiger partial charge in [-0.2, -0.15) is 0 Å².